The first-order chi connectivity index (χ1) is 11.7. The lowest BCUT2D eigenvalue weighted by atomic mass is 10.1. The predicted molar refractivity (Wildman–Crippen MR) is 96.1 cm³/mol. The number of hydrogen-bond acceptors (Lipinski definition) is 2. The van der Waals surface area contributed by atoms with Crippen LogP contribution in [0.2, 0.25) is 0 Å². The molecule has 2 rings (SSSR count). The van der Waals surface area contributed by atoms with Gasteiger partial charge in [0.2, 0.25) is 0 Å². The molecule has 24 heavy (non-hydrogen) atoms. The van der Waals surface area contributed by atoms with Crippen LogP contribution in [0.25, 0.3) is 0 Å². The van der Waals surface area contributed by atoms with Gasteiger partial charge in [-0.15, -0.1) is 0 Å². The van der Waals surface area contributed by atoms with Gasteiger partial charge in [0, 0.05) is 38.2 Å². The van der Waals surface area contributed by atoms with Crippen LogP contribution in [0.1, 0.15) is 30.2 Å². The van der Waals surface area contributed by atoms with E-state index in [1.54, 1.807) is 0 Å². The van der Waals surface area contributed by atoms with Gasteiger partial charge in [-0.05, 0) is 38.0 Å². The van der Waals surface area contributed by atoms with Crippen LogP contribution in [0.3, 0.4) is 0 Å². The molecule has 0 saturated carbocycles. The van der Waals surface area contributed by atoms with E-state index in [0.717, 1.165) is 18.7 Å². The Labute approximate surface area is 144 Å². The van der Waals surface area contributed by atoms with E-state index in [1.165, 1.54) is 11.1 Å². The number of amides is 2. The fourth-order valence-electron chi connectivity index (χ4n) is 2.53. The molecule has 0 unspecified atom stereocenters. The third-order valence-corrected chi connectivity index (χ3v) is 3.74. The summed E-state index contributed by atoms with van der Waals surface area (Å²) in [7, 11) is 0. The average Bonchev–Trinajstić information content (AvgIpc) is 3.00. The van der Waals surface area contributed by atoms with Crippen molar-refractivity contribution in [2.24, 2.45) is 0 Å². The molecular formula is C19H27N3O2. The molecule has 0 fully saturated rings. The Bertz CT molecular complexity index is 637. The van der Waals surface area contributed by atoms with E-state index in [-0.39, 0.29) is 6.03 Å². The summed E-state index contributed by atoms with van der Waals surface area (Å²) in [5, 5.41) is 5.74. The minimum Gasteiger partial charge on any atom is -0.382 e. The Balaban J connectivity index is 1.77. The molecular weight excluding hydrogens is 302 g/mol. The van der Waals surface area contributed by atoms with Gasteiger partial charge in [0.15, 0.2) is 0 Å². The zero-order valence-corrected chi connectivity index (χ0v) is 14.5. The maximum Gasteiger partial charge on any atom is 0.315 e. The lowest BCUT2D eigenvalue weighted by Crippen LogP contribution is -2.36. The molecule has 0 bridgehead atoms. The van der Waals surface area contributed by atoms with Crippen molar-refractivity contribution < 1.29 is 9.53 Å². The molecule has 0 atom stereocenters. The van der Waals surface area contributed by atoms with Gasteiger partial charge in [-0.1, -0.05) is 29.8 Å². The second kappa shape index (κ2) is 9.78. The number of ether oxygens (including phenoxy) is 1. The summed E-state index contributed by atoms with van der Waals surface area (Å²) in [5.74, 6) is 0. The highest BCUT2D eigenvalue weighted by atomic mass is 16.5. The van der Waals surface area contributed by atoms with E-state index in [4.69, 9.17) is 4.74 Å². The third-order valence-electron chi connectivity index (χ3n) is 3.74. The van der Waals surface area contributed by atoms with Gasteiger partial charge >= 0.3 is 6.03 Å². The average molecular weight is 329 g/mol. The number of hydrogen-bond donors (Lipinski definition) is 2. The molecule has 2 N–H and O–H groups in total. The maximum atomic E-state index is 11.8. The van der Waals surface area contributed by atoms with Crippen LogP contribution >= 0.6 is 0 Å². The predicted octanol–water partition coefficient (Wildman–Crippen LogP) is 3.07. The summed E-state index contributed by atoms with van der Waals surface area (Å²) in [6, 6.07) is 12.4. The number of rotatable bonds is 9. The minimum atomic E-state index is -0.144. The first-order valence-electron chi connectivity index (χ1n) is 8.48. The fourth-order valence-corrected chi connectivity index (χ4v) is 2.53. The number of nitrogens with zero attached hydrogens (tertiary/aromatic N) is 1. The molecule has 0 aliphatic carbocycles. The first-order valence-corrected chi connectivity index (χ1v) is 8.48. The number of benzene rings is 1. The van der Waals surface area contributed by atoms with Gasteiger partial charge in [-0.25, -0.2) is 4.79 Å². The van der Waals surface area contributed by atoms with Gasteiger partial charge in [-0.2, -0.15) is 0 Å². The summed E-state index contributed by atoms with van der Waals surface area (Å²) in [6.45, 7) is 7.39. The quantitative estimate of drug-likeness (QED) is 0.695. The van der Waals surface area contributed by atoms with Gasteiger partial charge in [-0.3, -0.25) is 0 Å². The molecule has 1 aromatic carbocycles. The van der Waals surface area contributed by atoms with Crippen molar-refractivity contribution in [2.75, 3.05) is 19.8 Å². The van der Waals surface area contributed by atoms with Crippen molar-refractivity contribution in [3.63, 3.8) is 0 Å². The Kier molecular flexibility index (Phi) is 7.36. The zero-order chi connectivity index (χ0) is 17.2. The monoisotopic (exact) mass is 329 g/mol. The van der Waals surface area contributed by atoms with E-state index < -0.39 is 0 Å². The lowest BCUT2D eigenvalue weighted by Gasteiger charge is -2.12. The number of aromatic nitrogens is 1. The molecule has 5 heteroatoms. The zero-order valence-electron chi connectivity index (χ0n) is 14.5. The Hall–Kier alpha value is -2.27. The van der Waals surface area contributed by atoms with Gasteiger partial charge in [0.25, 0.3) is 0 Å². The van der Waals surface area contributed by atoms with Crippen LogP contribution in [-0.2, 0) is 17.8 Å². The highest BCUT2D eigenvalue weighted by molar-refractivity contribution is 5.73. The normalized spacial score (nSPS) is 10.6. The van der Waals surface area contributed by atoms with Crippen LogP contribution in [0, 0.1) is 6.92 Å². The van der Waals surface area contributed by atoms with Crippen molar-refractivity contribution in [1.29, 1.82) is 0 Å². The van der Waals surface area contributed by atoms with Crippen LogP contribution in [0.15, 0.2) is 42.6 Å². The SMILES string of the molecule is CCOCCCNC(=O)NCc1cccn1Cc1cccc(C)c1. The molecule has 0 aliphatic heterocycles. The molecule has 0 spiro atoms. The van der Waals surface area contributed by atoms with E-state index in [0.29, 0.717) is 26.3 Å². The number of nitrogens with one attached hydrogen (secondary N) is 2. The molecule has 0 radical (unpaired) electrons. The number of urea groups is 1. The smallest absolute Gasteiger partial charge is 0.315 e. The summed E-state index contributed by atoms with van der Waals surface area (Å²) in [5.41, 5.74) is 3.60. The van der Waals surface area contributed by atoms with Crippen molar-refractivity contribution in [2.45, 2.75) is 33.4 Å². The molecule has 1 aromatic heterocycles. The molecule has 2 aromatic rings. The second-order valence-electron chi connectivity index (χ2n) is 5.78. The summed E-state index contributed by atoms with van der Waals surface area (Å²) in [4.78, 5) is 11.8. The van der Waals surface area contributed by atoms with Gasteiger partial charge < -0.3 is 19.9 Å². The van der Waals surface area contributed by atoms with E-state index in [9.17, 15) is 4.79 Å². The molecule has 130 valence electrons. The number of carbonyl (C=O) groups is 1. The highest BCUT2D eigenvalue weighted by Crippen LogP contribution is 2.09. The standard InChI is InChI=1S/C19H27N3O2/c1-3-24-12-6-10-20-19(23)21-14-18-9-5-11-22(18)15-17-8-4-7-16(2)13-17/h4-5,7-9,11,13H,3,6,10,12,14-15H2,1-2H3,(H2,20,21,23). The Morgan fingerprint density at radius 3 is 2.88 bits per heavy atom. The van der Waals surface area contributed by atoms with Crippen LogP contribution < -0.4 is 10.6 Å². The fraction of sp³-hybridized carbons (Fsp3) is 0.421. The molecule has 0 aliphatic rings. The van der Waals surface area contributed by atoms with Crippen molar-refractivity contribution in [3.05, 3.63) is 59.4 Å². The summed E-state index contributed by atoms with van der Waals surface area (Å²) < 4.78 is 7.40. The molecule has 2 amide bonds. The van der Waals surface area contributed by atoms with E-state index in [2.05, 4.69) is 46.4 Å². The van der Waals surface area contributed by atoms with Crippen molar-refractivity contribution >= 4 is 6.03 Å². The van der Waals surface area contributed by atoms with Gasteiger partial charge in [0.05, 0.1) is 6.54 Å². The highest BCUT2D eigenvalue weighted by Gasteiger charge is 2.05. The summed E-state index contributed by atoms with van der Waals surface area (Å²) >= 11 is 0. The van der Waals surface area contributed by atoms with E-state index in [1.807, 2.05) is 25.3 Å². The minimum absolute atomic E-state index is 0.144. The van der Waals surface area contributed by atoms with Crippen molar-refractivity contribution in [3.8, 4) is 0 Å². The van der Waals surface area contributed by atoms with E-state index >= 15 is 0 Å². The van der Waals surface area contributed by atoms with Gasteiger partial charge in [0.1, 0.15) is 0 Å². The van der Waals surface area contributed by atoms with Crippen LogP contribution in [-0.4, -0.2) is 30.4 Å². The second-order valence-corrected chi connectivity index (χ2v) is 5.78. The first kappa shape index (κ1) is 18.1. The maximum absolute atomic E-state index is 11.8. The molecule has 5 nitrogen and oxygen atoms in total. The third kappa shape index (κ3) is 6.08. The summed E-state index contributed by atoms with van der Waals surface area (Å²) in [6.07, 6.45) is 2.87. The van der Waals surface area contributed by atoms with Crippen LogP contribution in [0.5, 0.6) is 0 Å². The molecule has 1 heterocycles. The Morgan fingerprint density at radius 2 is 2.08 bits per heavy atom. The molecule has 0 saturated heterocycles. The number of aryl methyl sites for hydroxylation is 1. The van der Waals surface area contributed by atoms with Crippen molar-refractivity contribution in [1.82, 2.24) is 15.2 Å². The lowest BCUT2D eigenvalue weighted by molar-refractivity contribution is 0.145. The van der Waals surface area contributed by atoms with Crippen LogP contribution in [0.4, 0.5) is 4.79 Å². The Morgan fingerprint density at radius 1 is 1.21 bits per heavy atom. The number of carbonyl (C=O) groups excluding carboxylic acids is 1. The largest absolute Gasteiger partial charge is 0.382 e. The topological polar surface area (TPSA) is 55.3 Å².